The quantitative estimate of drug-likeness (QED) is 0.599. The number of ketones is 1. The summed E-state index contributed by atoms with van der Waals surface area (Å²) in [5, 5.41) is 1.69. The normalized spacial score (nSPS) is 10.1. The van der Waals surface area contributed by atoms with Crippen molar-refractivity contribution in [2.24, 2.45) is 0 Å². The first kappa shape index (κ1) is 13.7. The van der Waals surface area contributed by atoms with E-state index in [1.807, 2.05) is 0 Å². The summed E-state index contributed by atoms with van der Waals surface area (Å²) in [6, 6.07) is 6.60. The molecule has 1 aromatic carbocycles. The fourth-order valence-corrected chi connectivity index (χ4v) is 1.39. The van der Waals surface area contributed by atoms with E-state index in [1.165, 1.54) is 14.2 Å². The minimum atomic E-state index is -0.227. The highest BCUT2D eigenvalue weighted by atomic mass is 35.5. The van der Waals surface area contributed by atoms with Crippen LogP contribution in [0.1, 0.15) is 23.2 Å². The van der Waals surface area contributed by atoms with E-state index in [9.17, 15) is 9.59 Å². The maximum Gasteiger partial charge on any atom is 0.246 e. The van der Waals surface area contributed by atoms with E-state index in [4.69, 9.17) is 16.4 Å². The van der Waals surface area contributed by atoms with Crippen LogP contribution in [0.5, 0.6) is 0 Å². The van der Waals surface area contributed by atoms with E-state index in [2.05, 4.69) is 0 Å². The van der Waals surface area contributed by atoms with Gasteiger partial charge in [0.2, 0.25) is 5.91 Å². The van der Waals surface area contributed by atoms with Crippen molar-refractivity contribution in [1.82, 2.24) is 5.06 Å². The maximum atomic E-state index is 11.7. The predicted molar refractivity (Wildman–Crippen MR) is 64.8 cm³/mol. The molecule has 1 rings (SSSR count). The molecule has 0 saturated carbocycles. The van der Waals surface area contributed by atoms with Crippen LogP contribution < -0.4 is 0 Å². The first-order chi connectivity index (χ1) is 8.04. The highest BCUT2D eigenvalue weighted by Crippen LogP contribution is 2.12. The van der Waals surface area contributed by atoms with E-state index in [1.54, 1.807) is 24.3 Å². The molecule has 92 valence electrons. The van der Waals surface area contributed by atoms with Gasteiger partial charge in [-0.25, -0.2) is 5.06 Å². The lowest BCUT2D eigenvalue weighted by molar-refractivity contribution is -0.168. The molecule has 0 spiro atoms. The number of carbonyl (C=O) groups is 2. The van der Waals surface area contributed by atoms with Crippen molar-refractivity contribution in [2.45, 2.75) is 12.8 Å². The van der Waals surface area contributed by atoms with Crippen molar-refractivity contribution < 1.29 is 14.4 Å². The molecule has 0 heterocycles. The molecule has 17 heavy (non-hydrogen) atoms. The molecule has 0 aliphatic heterocycles. The molecule has 4 nitrogen and oxygen atoms in total. The van der Waals surface area contributed by atoms with E-state index >= 15 is 0 Å². The third kappa shape index (κ3) is 4.17. The summed E-state index contributed by atoms with van der Waals surface area (Å²) >= 11 is 5.72. The number of Topliss-reactive ketones (excluding diaryl/α,β-unsaturated/α-hetero) is 1. The molecular weight excluding hydrogens is 242 g/mol. The molecule has 0 atom stereocenters. The van der Waals surface area contributed by atoms with Gasteiger partial charge >= 0.3 is 0 Å². The Kier molecular flexibility index (Phi) is 5.12. The number of nitrogens with zero attached hydrogens (tertiary/aromatic N) is 1. The number of hydrogen-bond donors (Lipinski definition) is 0. The molecule has 0 unspecified atom stereocenters. The van der Waals surface area contributed by atoms with Gasteiger partial charge < -0.3 is 0 Å². The molecule has 0 aliphatic rings. The van der Waals surface area contributed by atoms with Gasteiger partial charge in [-0.1, -0.05) is 11.6 Å². The van der Waals surface area contributed by atoms with E-state index in [0.717, 1.165) is 5.06 Å². The van der Waals surface area contributed by atoms with Gasteiger partial charge in [-0.3, -0.25) is 14.4 Å². The van der Waals surface area contributed by atoms with Gasteiger partial charge in [-0.05, 0) is 24.3 Å². The Hall–Kier alpha value is -1.39. The fraction of sp³-hybridized carbons (Fsp3) is 0.333. The van der Waals surface area contributed by atoms with Gasteiger partial charge in [0.1, 0.15) is 0 Å². The number of hydroxylamine groups is 2. The van der Waals surface area contributed by atoms with Crippen LogP contribution in [0.4, 0.5) is 0 Å². The zero-order chi connectivity index (χ0) is 12.8. The molecule has 0 N–H and O–H groups in total. The smallest absolute Gasteiger partial charge is 0.246 e. The van der Waals surface area contributed by atoms with Crippen molar-refractivity contribution in [2.75, 3.05) is 14.2 Å². The van der Waals surface area contributed by atoms with E-state index < -0.39 is 0 Å². The van der Waals surface area contributed by atoms with Crippen molar-refractivity contribution in [3.8, 4) is 0 Å². The number of halogens is 1. The number of carbonyl (C=O) groups excluding carboxylic acids is 2. The summed E-state index contributed by atoms with van der Waals surface area (Å²) in [6.07, 6.45) is 0.292. The summed E-state index contributed by atoms with van der Waals surface area (Å²) in [5.74, 6) is -0.311. The first-order valence-corrected chi connectivity index (χ1v) is 5.52. The zero-order valence-electron chi connectivity index (χ0n) is 9.77. The van der Waals surface area contributed by atoms with E-state index in [0.29, 0.717) is 10.6 Å². The van der Waals surface area contributed by atoms with Gasteiger partial charge in [0.25, 0.3) is 0 Å². The van der Waals surface area contributed by atoms with Crippen molar-refractivity contribution >= 4 is 23.3 Å². The highest BCUT2D eigenvalue weighted by Gasteiger charge is 2.12. The van der Waals surface area contributed by atoms with Crippen molar-refractivity contribution in [3.05, 3.63) is 34.9 Å². The third-order valence-corrected chi connectivity index (χ3v) is 2.61. The molecule has 0 fully saturated rings. The summed E-state index contributed by atoms with van der Waals surface area (Å²) in [5.41, 5.74) is 0.558. The minimum Gasteiger partial charge on any atom is -0.294 e. The van der Waals surface area contributed by atoms with Gasteiger partial charge in [-0.15, -0.1) is 0 Å². The standard InChI is InChI=1S/C12H14ClNO3/c1-14(17-2)12(16)8-7-11(15)9-3-5-10(13)6-4-9/h3-6H,7-8H2,1-2H3. The Bertz CT molecular complexity index is 403. The van der Waals surface area contributed by atoms with Crippen LogP contribution in [0.15, 0.2) is 24.3 Å². The third-order valence-electron chi connectivity index (χ3n) is 2.36. The Balaban J connectivity index is 2.50. The Morgan fingerprint density at radius 2 is 1.82 bits per heavy atom. The zero-order valence-corrected chi connectivity index (χ0v) is 10.5. The molecule has 1 aromatic rings. The van der Waals surface area contributed by atoms with Gasteiger partial charge in [-0.2, -0.15) is 0 Å². The second-order valence-electron chi connectivity index (χ2n) is 3.50. The molecular formula is C12H14ClNO3. The lowest BCUT2D eigenvalue weighted by Gasteiger charge is -2.12. The van der Waals surface area contributed by atoms with Crippen LogP contribution in [0.2, 0.25) is 5.02 Å². The summed E-state index contributed by atoms with van der Waals surface area (Å²) < 4.78 is 0. The highest BCUT2D eigenvalue weighted by molar-refractivity contribution is 6.30. The number of rotatable bonds is 5. The van der Waals surface area contributed by atoms with Crippen LogP contribution in [0, 0.1) is 0 Å². The minimum absolute atomic E-state index is 0.0838. The molecule has 0 aromatic heterocycles. The second kappa shape index (κ2) is 6.37. The molecule has 0 bridgehead atoms. The average molecular weight is 256 g/mol. The van der Waals surface area contributed by atoms with Crippen LogP contribution in [-0.2, 0) is 9.63 Å². The van der Waals surface area contributed by atoms with Crippen molar-refractivity contribution in [1.29, 1.82) is 0 Å². The first-order valence-electron chi connectivity index (χ1n) is 5.14. The predicted octanol–water partition coefficient (Wildman–Crippen LogP) is 2.32. The lowest BCUT2D eigenvalue weighted by Crippen LogP contribution is -2.25. The largest absolute Gasteiger partial charge is 0.294 e. The van der Waals surface area contributed by atoms with Gasteiger partial charge in [0.05, 0.1) is 7.11 Å². The van der Waals surface area contributed by atoms with E-state index in [-0.39, 0.29) is 24.5 Å². The number of hydrogen-bond acceptors (Lipinski definition) is 3. The van der Waals surface area contributed by atoms with Crippen LogP contribution in [0.3, 0.4) is 0 Å². The molecule has 0 saturated heterocycles. The SMILES string of the molecule is CON(C)C(=O)CCC(=O)c1ccc(Cl)cc1. The average Bonchev–Trinajstić information content (AvgIpc) is 2.35. The van der Waals surface area contributed by atoms with Crippen LogP contribution >= 0.6 is 11.6 Å². The van der Waals surface area contributed by atoms with Crippen LogP contribution in [-0.4, -0.2) is 30.9 Å². The number of benzene rings is 1. The Morgan fingerprint density at radius 1 is 1.24 bits per heavy atom. The summed E-state index contributed by atoms with van der Waals surface area (Å²) in [6.45, 7) is 0. The van der Waals surface area contributed by atoms with Crippen molar-refractivity contribution in [3.63, 3.8) is 0 Å². The monoisotopic (exact) mass is 255 g/mol. The number of amides is 1. The second-order valence-corrected chi connectivity index (χ2v) is 3.94. The lowest BCUT2D eigenvalue weighted by atomic mass is 10.1. The Morgan fingerprint density at radius 3 is 2.35 bits per heavy atom. The molecule has 0 radical (unpaired) electrons. The summed E-state index contributed by atoms with van der Waals surface area (Å²) in [7, 11) is 2.91. The molecule has 1 amide bonds. The van der Waals surface area contributed by atoms with Gasteiger partial charge in [0.15, 0.2) is 5.78 Å². The topological polar surface area (TPSA) is 46.6 Å². The summed E-state index contributed by atoms with van der Waals surface area (Å²) in [4.78, 5) is 27.8. The van der Waals surface area contributed by atoms with Crippen LogP contribution in [0.25, 0.3) is 0 Å². The maximum absolute atomic E-state index is 11.7. The molecule has 5 heteroatoms. The Labute approximate surface area is 105 Å². The molecule has 0 aliphatic carbocycles. The fourth-order valence-electron chi connectivity index (χ4n) is 1.26. The van der Waals surface area contributed by atoms with Gasteiger partial charge in [0, 0.05) is 30.5 Å².